The number of quaternary nitrogens is 1. The van der Waals surface area contributed by atoms with Crippen molar-refractivity contribution in [2.24, 2.45) is 0 Å². The molecular weight excluding hydrogens is 468 g/mol. The molecule has 2 atom stereocenters. The Morgan fingerprint density at radius 3 is 1.90 bits per heavy atom. The monoisotopic (exact) mass is 487 g/mol. The molecule has 0 aromatic rings. The van der Waals surface area contributed by atoms with Gasteiger partial charge in [-0.2, -0.15) is 55.7 Å². The van der Waals surface area contributed by atoms with E-state index in [9.17, 15) is 53.8 Å². The van der Waals surface area contributed by atoms with Crippen LogP contribution in [0.1, 0.15) is 0 Å². The third-order valence-electron chi connectivity index (χ3n) is 3.84. The summed E-state index contributed by atoms with van der Waals surface area (Å²) in [4.78, 5) is 11.3. The topological polar surface area (TPSA) is 58.6 Å². The fraction of sp³-hybridized carbons (Fsp3) is 0.929. The second-order valence-corrected chi connectivity index (χ2v) is 7.75. The first-order chi connectivity index (χ1) is 13.2. The summed E-state index contributed by atoms with van der Waals surface area (Å²) in [5, 5.41) is 11.3. The molecule has 0 rings (SSSR count). The van der Waals surface area contributed by atoms with E-state index in [1.165, 1.54) is 7.11 Å². The lowest BCUT2D eigenvalue weighted by Gasteiger charge is -2.41. The lowest BCUT2D eigenvalue weighted by atomic mass is 10.2. The molecule has 180 valence electrons. The maximum Gasteiger partial charge on any atom is 0.462 e. The molecule has 5 nitrogen and oxygen atoms in total. The molecular formula is C14H19F10NO4S. The van der Waals surface area contributed by atoms with Gasteiger partial charge in [0.05, 0.1) is 26.5 Å². The van der Waals surface area contributed by atoms with Crippen molar-refractivity contribution in [3.8, 4) is 0 Å². The van der Waals surface area contributed by atoms with E-state index in [1.807, 2.05) is 0 Å². The van der Waals surface area contributed by atoms with Crippen LogP contribution in [0.15, 0.2) is 0 Å². The Labute approximate surface area is 168 Å². The van der Waals surface area contributed by atoms with Crippen LogP contribution in [0.2, 0.25) is 0 Å². The first-order valence-corrected chi connectivity index (χ1v) is 9.03. The van der Waals surface area contributed by atoms with Crippen molar-refractivity contribution in [1.82, 2.24) is 0 Å². The van der Waals surface area contributed by atoms with Gasteiger partial charge in [0.25, 0.3) is 0 Å². The summed E-state index contributed by atoms with van der Waals surface area (Å²) in [7, 11) is 2.96. The summed E-state index contributed by atoms with van der Waals surface area (Å²) in [5.41, 5.74) is 0. The van der Waals surface area contributed by atoms with Crippen LogP contribution in [0.3, 0.4) is 0 Å². The van der Waals surface area contributed by atoms with Crippen LogP contribution >= 0.6 is 11.8 Å². The van der Waals surface area contributed by atoms with Gasteiger partial charge in [0.15, 0.2) is 0 Å². The van der Waals surface area contributed by atoms with Crippen molar-refractivity contribution in [2.75, 3.05) is 45.9 Å². The minimum Gasteiger partial charge on any atom is -0.544 e. The number of aliphatic carboxylic acids is 1. The fourth-order valence-electron chi connectivity index (χ4n) is 2.07. The number of halogens is 10. The van der Waals surface area contributed by atoms with Crippen molar-refractivity contribution in [3.63, 3.8) is 0 Å². The van der Waals surface area contributed by atoms with Crippen LogP contribution in [0.4, 0.5) is 43.9 Å². The van der Waals surface area contributed by atoms with Crippen LogP contribution in [0, 0.1) is 0 Å². The molecule has 0 heterocycles. The van der Waals surface area contributed by atoms with Crippen molar-refractivity contribution < 1.29 is 67.8 Å². The van der Waals surface area contributed by atoms with Crippen molar-refractivity contribution >= 4 is 17.7 Å². The lowest BCUT2D eigenvalue weighted by Crippen LogP contribution is -2.64. The molecule has 0 aromatic carbocycles. The van der Waals surface area contributed by atoms with Crippen LogP contribution < -0.4 is 5.11 Å². The Bertz CT molecular complexity index is 568. The maximum atomic E-state index is 13.4. The third kappa shape index (κ3) is 7.60. The predicted octanol–water partition coefficient (Wildman–Crippen LogP) is 2.30. The SMILES string of the molecule is COCCSCC(C(=O)[O-])[N+](C)(C)CC(OC(F)(F)C(F)(F)C(F)(F)F)C(F)(F)F. The van der Waals surface area contributed by atoms with Gasteiger partial charge in [0.2, 0.25) is 6.10 Å². The molecule has 0 saturated carbocycles. The maximum absolute atomic E-state index is 13.4. The number of likely N-dealkylation sites (N-methyl/N-ethyl adjacent to an activating group) is 1. The number of methoxy groups -OCH3 is 1. The molecule has 0 aliphatic heterocycles. The second-order valence-electron chi connectivity index (χ2n) is 6.60. The fourth-order valence-corrected chi connectivity index (χ4v) is 3.29. The number of carboxylic acid groups (broad SMARTS) is 1. The number of carbonyl (C=O) groups is 1. The highest BCUT2D eigenvalue weighted by molar-refractivity contribution is 7.99. The summed E-state index contributed by atoms with van der Waals surface area (Å²) in [6, 6.07) is -1.77. The normalized spacial score (nSPS) is 16.4. The lowest BCUT2D eigenvalue weighted by molar-refractivity contribution is -0.910. The van der Waals surface area contributed by atoms with Crippen molar-refractivity contribution in [2.45, 2.75) is 36.5 Å². The number of hydrogen-bond donors (Lipinski definition) is 0. The number of thioether (sulfide) groups is 1. The molecule has 0 bridgehead atoms. The van der Waals surface area contributed by atoms with E-state index in [0.29, 0.717) is 0 Å². The van der Waals surface area contributed by atoms with E-state index in [4.69, 9.17) is 0 Å². The van der Waals surface area contributed by atoms with Crippen LogP contribution in [-0.2, 0) is 14.3 Å². The largest absolute Gasteiger partial charge is 0.544 e. The smallest absolute Gasteiger partial charge is 0.462 e. The standard InChI is InChI=1S/C14H19F10NO4S/c1-25(2,8(10(26)27)7-30-5-4-28-3)6-9(11(15,16)17)29-14(23,24)12(18,19)13(20,21)22/h8-9H,4-7H2,1-3H3. The van der Waals surface area contributed by atoms with Gasteiger partial charge < -0.3 is 19.1 Å². The van der Waals surface area contributed by atoms with Gasteiger partial charge >= 0.3 is 24.4 Å². The number of carbonyl (C=O) groups excluding carboxylic acids is 1. The third-order valence-corrected chi connectivity index (χ3v) is 4.84. The molecule has 2 unspecified atom stereocenters. The minimum absolute atomic E-state index is 0.144. The summed E-state index contributed by atoms with van der Waals surface area (Å²) in [5.74, 6) is -9.00. The van der Waals surface area contributed by atoms with E-state index in [0.717, 1.165) is 25.9 Å². The van der Waals surface area contributed by atoms with Crippen molar-refractivity contribution in [1.29, 1.82) is 0 Å². The molecule has 0 aliphatic rings. The highest BCUT2D eigenvalue weighted by Crippen LogP contribution is 2.48. The van der Waals surface area contributed by atoms with Gasteiger partial charge in [0.1, 0.15) is 18.6 Å². The predicted molar refractivity (Wildman–Crippen MR) is 81.8 cm³/mol. The zero-order valence-electron chi connectivity index (χ0n) is 15.8. The number of rotatable bonds is 12. The van der Waals surface area contributed by atoms with E-state index in [1.54, 1.807) is 0 Å². The van der Waals surface area contributed by atoms with E-state index in [2.05, 4.69) is 9.47 Å². The molecule has 0 fully saturated rings. The van der Waals surface area contributed by atoms with E-state index >= 15 is 0 Å². The van der Waals surface area contributed by atoms with Gasteiger partial charge in [-0.25, -0.2) is 0 Å². The minimum atomic E-state index is -6.93. The molecule has 16 heteroatoms. The zero-order chi connectivity index (χ0) is 24.2. The molecule has 30 heavy (non-hydrogen) atoms. The molecule has 0 aromatic heterocycles. The number of hydrogen-bond acceptors (Lipinski definition) is 5. The van der Waals surface area contributed by atoms with Gasteiger partial charge in [-0.15, -0.1) is 0 Å². The Kier molecular flexibility index (Phi) is 9.74. The average molecular weight is 487 g/mol. The van der Waals surface area contributed by atoms with Crippen LogP contribution in [-0.4, -0.2) is 92.8 Å². The number of nitrogens with zero attached hydrogens (tertiary/aromatic N) is 1. The van der Waals surface area contributed by atoms with Crippen LogP contribution in [0.5, 0.6) is 0 Å². The number of ether oxygens (including phenoxy) is 2. The molecule has 0 saturated heterocycles. The van der Waals surface area contributed by atoms with Gasteiger partial charge in [-0.05, 0) is 0 Å². The molecule has 0 N–H and O–H groups in total. The summed E-state index contributed by atoms with van der Waals surface area (Å²) >= 11 is 0.896. The van der Waals surface area contributed by atoms with Gasteiger partial charge in [0, 0.05) is 12.9 Å². The van der Waals surface area contributed by atoms with E-state index < -0.39 is 59.3 Å². The van der Waals surface area contributed by atoms with Gasteiger partial charge in [-0.1, -0.05) is 0 Å². The Hall–Kier alpha value is -1.00. The summed E-state index contributed by atoms with van der Waals surface area (Å²) < 4.78 is 135. The van der Waals surface area contributed by atoms with Crippen LogP contribution in [0.25, 0.3) is 0 Å². The van der Waals surface area contributed by atoms with Crippen molar-refractivity contribution in [3.05, 3.63) is 0 Å². The Balaban J connectivity index is 5.72. The average Bonchev–Trinajstić information content (AvgIpc) is 2.50. The van der Waals surface area contributed by atoms with Gasteiger partial charge in [-0.3, -0.25) is 4.74 Å². The number of alkyl halides is 10. The number of carboxylic acids is 1. The molecule has 0 amide bonds. The zero-order valence-corrected chi connectivity index (χ0v) is 16.6. The first kappa shape index (κ1) is 29.0. The highest BCUT2D eigenvalue weighted by atomic mass is 32.2. The summed E-state index contributed by atoms with van der Waals surface area (Å²) in [6.45, 7) is -1.57. The summed E-state index contributed by atoms with van der Waals surface area (Å²) in [6.07, 6.45) is -23.1. The Morgan fingerprint density at radius 1 is 1.03 bits per heavy atom. The quantitative estimate of drug-likeness (QED) is 0.240. The Morgan fingerprint density at radius 2 is 1.53 bits per heavy atom. The highest BCUT2D eigenvalue weighted by Gasteiger charge is 2.76. The second kappa shape index (κ2) is 10.1. The first-order valence-electron chi connectivity index (χ1n) is 7.87. The molecule has 0 spiro atoms. The van der Waals surface area contributed by atoms with E-state index in [-0.39, 0.29) is 12.4 Å². The molecule has 0 aliphatic carbocycles. The molecule has 0 radical (unpaired) electrons.